The van der Waals surface area contributed by atoms with Crippen molar-refractivity contribution in [3.8, 4) is 29.7 Å². The number of nitrogens with zero attached hydrogens (tertiary/aromatic N) is 3. The van der Waals surface area contributed by atoms with Crippen molar-refractivity contribution >= 4 is 0 Å². The largest absolute Gasteiger partial charge is 0.493 e. The van der Waals surface area contributed by atoms with Crippen LogP contribution in [0.15, 0.2) is 40.6 Å². The SMILES string of the molecule is COc1ccc(C2C3=C(CCCCC3)C(C#N)=C(N)C2(C#N)C#N)cc1OC. The first-order chi connectivity index (χ1) is 13.6. The van der Waals surface area contributed by atoms with Gasteiger partial charge in [0.05, 0.1) is 37.6 Å². The Kier molecular flexibility index (Phi) is 5.30. The Labute approximate surface area is 165 Å². The molecule has 0 saturated heterocycles. The van der Waals surface area contributed by atoms with Gasteiger partial charge in [-0.25, -0.2) is 0 Å². The van der Waals surface area contributed by atoms with Crippen molar-refractivity contribution in [3.05, 3.63) is 46.2 Å². The lowest BCUT2D eigenvalue weighted by Crippen LogP contribution is -2.38. The van der Waals surface area contributed by atoms with Crippen LogP contribution in [0.4, 0.5) is 0 Å². The van der Waals surface area contributed by atoms with E-state index >= 15 is 0 Å². The number of nitriles is 3. The highest BCUT2D eigenvalue weighted by atomic mass is 16.5. The number of methoxy groups -OCH3 is 2. The number of allylic oxidation sites excluding steroid dienone is 4. The van der Waals surface area contributed by atoms with E-state index in [9.17, 15) is 15.8 Å². The molecule has 0 aromatic heterocycles. The van der Waals surface area contributed by atoms with E-state index in [1.807, 2.05) is 6.07 Å². The summed E-state index contributed by atoms with van der Waals surface area (Å²) >= 11 is 0. The van der Waals surface area contributed by atoms with Gasteiger partial charge in [-0.05, 0) is 49.0 Å². The second-order valence-corrected chi connectivity index (χ2v) is 7.04. The third-order valence-electron chi connectivity index (χ3n) is 5.74. The molecule has 0 bridgehead atoms. The average molecular weight is 374 g/mol. The Morgan fingerprint density at radius 1 is 1.00 bits per heavy atom. The summed E-state index contributed by atoms with van der Waals surface area (Å²) in [4.78, 5) is 0. The lowest BCUT2D eigenvalue weighted by molar-refractivity contribution is 0.353. The van der Waals surface area contributed by atoms with Crippen LogP contribution in [0.25, 0.3) is 0 Å². The second-order valence-electron chi connectivity index (χ2n) is 7.04. The Hall–Kier alpha value is -3.43. The van der Waals surface area contributed by atoms with Crippen LogP contribution in [-0.2, 0) is 0 Å². The summed E-state index contributed by atoms with van der Waals surface area (Å²) in [5.41, 5.74) is 7.68. The van der Waals surface area contributed by atoms with Crippen molar-refractivity contribution in [2.24, 2.45) is 11.1 Å². The average Bonchev–Trinajstić information content (AvgIpc) is 2.98. The predicted octanol–water partition coefficient (Wildman–Crippen LogP) is 3.83. The van der Waals surface area contributed by atoms with Crippen LogP contribution in [0.3, 0.4) is 0 Å². The smallest absolute Gasteiger partial charge is 0.194 e. The molecule has 0 saturated carbocycles. The molecule has 0 spiro atoms. The van der Waals surface area contributed by atoms with Gasteiger partial charge in [-0.2, -0.15) is 15.8 Å². The summed E-state index contributed by atoms with van der Waals surface area (Å²) in [6.07, 6.45) is 4.42. The number of hydrogen-bond acceptors (Lipinski definition) is 6. The van der Waals surface area contributed by atoms with Crippen molar-refractivity contribution in [2.45, 2.75) is 38.0 Å². The predicted molar refractivity (Wildman–Crippen MR) is 103 cm³/mol. The van der Waals surface area contributed by atoms with Gasteiger partial charge in [-0.15, -0.1) is 0 Å². The lowest BCUT2D eigenvalue weighted by Gasteiger charge is -2.38. The molecule has 0 amide bonds. The Morgan fingerprint density at radius 3 is 2.29 bits per heavy atom. The summed E-state index contributed by atoms with van der Waals surface area (Å²) < 4.78 is 10.8. The molecule has 0 fully saturated rings. The maximum absolute atomic E-state index is 10.1. The number of nitrogens with two attached hydrogens (primary N) is 1. The zero-order valence-electron chi connectivity index (χ0n) is 16.1. The zero-order valence-corrected chi connectivity index (χ0v) is 16.1. The highest BCUT2D eigenvalue weighted by molar-refractivity contribution is 5.62. The van der Waals surface area contributed by atoms with E-state index in [-0.39, 0.29) is 5.70 Å². The second kappa shape index (κ2) is 7.67. The number of benzene rings is 1. The molecule has 1 unspecified atom stereocenters. The molecule has 1 aromatic carbocycles. The van der Waals surface area contributed by atoms with E-state index in [0.29, 0.717) is 17.1 Å². The Balaban J connectivity index is 2.32. The number of rotatable bonds is 3. The van der Waals surface area contributed by atoms with Gasteiger partial charge in [-0.1, -0.05) is 18.1 Å². The van der Waals surface area contributed by atoms with Crippen molar-refractivity contribution < 1.29 is 9.47 Å². The van der Waals surface area contributed by atoms with Crippen LogP contribution in [0.1, 0.15) is 43.6 Å². The summed E-state index contributed by atoms with van der Waals surface area (Å²) in [6.45, 7) is 0. The minimum Gasteiger partial charge on any atom is -0.493 e. The van der Waals surface area contributed by atoms with Gasteiger partial charge in [0.15, 0.2) is 16.9 Å². The van der Waals surface area contributed by atoms with Crippen LogP contribution >= 0.6 is 0 Å². The van der Waals surface area contributed by atoms with E-state index in [0.717, 1.165) is 48.8 Å². The molecule has 2 aliphatic rings. The van der Waals surface area contributed by atoms with E-state index in [1.54, 1.807) is 26.4 Å². The molecule has 6 nitrogen and oxygen atoms in total. The van der Waals surface area contributed by atoms with Gasteiger partial charge < -0.3 is 15.2 Å². The summed E-state index contributed by atoms with van der Waals surface area (Å²) in [5.74, 6) is 0.541. The quantitative estimate of drug-likeness (QED) is 0.859. The van der Waals surface area contributed by atoms with Crippen molar-refractivity contribution in [3.63, 3.8) is 0 Å². The van der Waals surface area contributed by atoms with Crippen LogP contribution < -0.4 is 15.2 Å². The third kappa shape index (κ3) is 2.77. The summed E-state index contributed by atoms with van der Waals surface area (Å²) in [7, 11) is 3.10. The Bertz CT molecular complexity index is 971. The lowest BCUT2D eigenvalue weighted by atomic mass is 9.61. The molecule has 142 valence electrons. The summed E-state index contributed by atoms with van der Waals surface area (Å²) in [6, 6.07) is 11.9. The maximum Gasteiger partial charge on any atom is 0.194 e. The molecule has 1 atom stereocenters. The van der Waals surface area contributed by atoms with E-state index < -0.39 is 11.3 Å². The first-order valence-electron chi connectivity index (χ1n) is 9.25. The molecular formula is C22H22N4O2. The summed E-state index contributed by atoms with van der Waals surface area (Å²) in [5, 5.41) is 29.9. The van der Waals surface area contributed by atoms with Crippen molar-refractivity contribution in [1.82, 2.24) is 0 Å². The van der Waals surface area contributed by atoms with Crippen LogP contribution in [0.2, 0.25) is 0 Å². The fraction of sp³-hybridized carbons (Fsp3) is 0.409. The minimum atomic E-state index is -1.63. The highest BCUT2D eigenvalue weighted by Gasteiger charge is 2.50. The molecule has 6 heteroatoms. The topological polar surface area (TPSA) is 116 Å². The van der Waals surface area contributed by atoms with Gasteiger partial charge in [0, 0.05) is 5.92 Å². The van der Waals surface area contributed by atoms with E-state index in [4.69, 9.17) is 15.2 Å². The first kappa shape index (κ1) is 19.3. The molecular weight excluding hydrogens is 352 g/mol. The standard InChI is InChI=1S/C22H22N4O2/c1-27-18-9-8-14(10-19(18)28-2)20-16-7-5-3-4-6-15(16)17(11-23)21(26)22(20,12-24)13-25/h8-10,20H,3-7,26H2,1-2H3. The molecule has 28 heavy (non-hydrogen) atoms. The van der Waals surface area contributed by atoms with Crippen LogP contribution in [0.5, 0.6) is 11.5 Å². The minimum absolute atomic E-state index is 0.0560. The molecule has 2 N–H and O–H groups in total. The van der Waals surface area contributed by atoms with Crippen LogP contribution in [0, 0.1) is 39.4 Å². The maximum atomic E-state index is 10.1. The molecule has 1 aromatic rings. The van der Waals surface area contributed by atoms with Gasteiger partial charge in [-0.3, -0.25) is 0 Å². The van der Waals surface area contributed by atoms with E-state index in [1.165, 1.54) is 0 Å². The fourth-order valence-corrected chi connectivity index (χ4v) is 4.37. The van der Waals surface area contributed by atoms with E-state index in [2.05, 4.69) is 18.2 Å². The third-order valence-corrected chi connectivity index (χ3v) is 5.74. The first-order valence-corrected chi connectivity index (χ1v) is 9.25. The zero-order chi connectivity index (χ0) is 20.3. The molecule has 2 aliphatic carbocycles. The van der Waals surface area contributed by atoms with Crippen molar-refractivity contribution in [1.29, 1.82) is 15.8 Å². The Morgan fingerprint density at radius 2 is 1.68 bits per heavy atom. The van der Waals surface area contributed by atoms with Gasteiger partial charge in [0.2, 0.25) is 0 Å². The fourth-order valence-electron chi connectivity index (χ4n) is 4.37. The molecule has 0 heterocycles. The van der Waals surface area contributed by atoms with Crippen molar-refractivity contribution in [2.75, 3.05) is 14.2 Å². The monoisotopic (exact) mass is 374 g/mol. The van der Waals surface area contributed by atoms with Gasteiger partial charge in [0.25, 0.3) is 0 Å². The number of hydrogen-bond donors (Lipinski definition) is 1. The normalized spacial score (nSPS) is 20.9. The van der Waals surface area contributed by atoms with Crippen LogP contribution in [-0.4, -0.2) is 14.2 Å². The number of ether oxygens (including phenoxy) is 2. The molecule has 0 aliphatic heterocycles. The molecule has 3 rings (SSSR count). The molecule has 0 radical (unpaired) electrons. The van der Waals surface area contributed by atoms with Gasteiger partial charge >= 0.3 is 0 Å². The highest BCUT2D eigenvalue weighted by Crippen LogP contribution is 2.54. The van der Waals surface area contributed by atoms with Gasteiger partial charge in [0.1, 0.15) is 6.07 Å².